The van der Waals surface area contributed by atoms with Crippen molar-refractivity contribution in [3.63, 3.8) is 0 Å². The molecular weight excluding hydrogens is 356 g/mol. The van der Waals surface area contributed by atoms with E-state index in [1.54, 1.807) is 32.0 Å². The van der Waals surface area contributed by atoms with Gasteiger partial charge < -0.3 is 20.1 Å². The number of carbonyl (C=O) groups excluding carboxylic acids is 2. The Labute approximate surface area is 158 Å². The molecule has 0 saturated carbocycles. The number of carbonyl (C=O) groups is 2. The standard InChI is InChI=1S/C19H25ClN2O4/c1-6-14-16(18(23)26-11(4)5)17(22-19(24)21-14)13-9-12(20)7-8-15(13)25-10(2)3/h7-11,17H,6H2,1-5H3,(H2,21,22,24). The summed E-state index contributed by atoms with van der Waals surface area (Å²) in [5, 5.41) is 5.98. The molecule has 1 aliphatic heterocycles. The topological polar surface area (TPSA) is 76.7 Å². The average molecular weight is 381 g/mol. The first kappa shape index (κ1) is 20.1. The van der Waals surface area contributed by atoms with Gasteiger partial charge in [-0.05, 0) is 52.3 Å². The number of esters is 1. The summed E-state index contributed by atoms with van der Waals surface area (Å²) in [7, 11) is 0. The molecule has 1 aromatic rings. The molecule has 7 heteroatoms. The minimum absolute atomic E-state index is 0.0759. The maximum absolute atomic E-state index is 12.7. The lowest BCUT2D eigenvalue weighted by Crippen LogP contribution is -2.46. The van der Waals surface area contributed by atoms with Gasteiger partial charge in [0.1, 0.15) is 5.75 Å². The van der Waals surface area contributed by atoms with Crippen LogP contribution in [-0.2, 0) is 9.53 Å². The number of nitrogens with one attached hydrogen (secondary N) is 2. The van der Waals surface area contributed by atoms with Crippen LogP contribution in [0.2, 0.25) is 5.02 Å². The molecule has 1 unspecified atom stereocenters. The van der Waals surface area contributed by atoms with E-state index in [9.17, 15) is 9.59 Å². The Kier molecular flexibility index (Phi) is 6.53. The van der Waals surface area contributed by atoms with E-state index < -0.39 is 12.0 Å². The van der Waals surface area contributed by atoms with Crippen LogP contribution >= 0.6 is 11.6 Å². The summed E-state index contributed by atoms with van der Waals surface area (Å²) < 4.78 is 11.3. The quantitative estimate of drug-likeness (QED) is 0.728. The predicted molar refractivity (Wildman–Crippen MR) is 100 cm³/mol. The molecule has 26 heavy (non-hydrogen) atoms. The fraction of sp³-hybridized carbons (Fsp3) is 0.474. The van der Waals surface area contributed by atoms with Gasteiger partial charge in [0.15, 0.2) is 0 Å². The second-order valence-corrected chi connectivity index (χ2v) is 7.02. The minimum atomic E-state index is -0.711. The third-order valence-corrected chi connectivity index (χ3v) is 3.95. The highest BCUT2D eigenvalue weighted by atomic mass is 35.5. The van der Waals surface area contributed by atoms with Crippen LogP contribution in [0.1, 0.15) is 52.6 Å². The molecule has 0 saturated heterocycles. The summed E-state index contributed by atoms with van der Waals surface area (Å²) in [6, 6.07) is 4.05. The second-order valence-electron chi connectivity index (χ2n) is 6.58. The average Bonchev–Trinajstić information content (AvgIpc) is 2.54. The molecule has 2 amide bonds. The van der Waals surface area contributed by atoms with Gasteiger partial charge in [0.2, 0.25) is 0 Å². The van der Waals surface area contributed by atoms with Crippen molar-refractivity contribution in [2.45, 2.75) is 59.3 Å². The molecule has 142 valence electrons. The summed E-state index contributed by atoms with van der Waals surface area (Å²) in [4.78, 5) is 24.9. The van der Waals surface area contributed by atoms with Gasteiger partial charge in [-0.3, -0.25) is 0 Å². The lowest BCUT2D eigenvalue weighted by Gasteiger charge is -2.31. The van der Waals surface area contributed by atoms with Crippen molar-refractivity contribution < 1.29 is 19.1 Å². The van der Waals surface area contributed by atoms with Crippen LogP contribution in [0.25, 0.3) is 0 Å². The Hall–Kier alpha value is -2.21. The van der Waals surface area contributed by atoms with Gasteiger partial charge in [-0.1, -0.05) is 18.5 Å². The molecule has 1 aliphatic rings. The molecule has 6 nitrogen and oxygen atoms in total. The molecule has 0 aliphatic carbocycles. The zero-order valence-electron chi connectivity index (χ0n) is 15.7. The molecular formula is C19H25ClN2O4. The molecule has 2 rings (SSSR count). The van der Waals surface area contributed by atoms with Crippen molar-refractivity contribution in [2.75, 3.05) is 0 Å². The molecule has 0 bridgehead atoms. The van der Waals surface area contributed by atoms with Crippen molar-refractivity contribution in [3.05, 3.63) is 40.1 Å². The van der Waals surface area contributed by atoms with E-state index in [0.29, 0.717) is 34.0 Å². The van der Waals surface area contributed by atoms with Crippen LogP contribution in [0.4, 0.5) is 4.79 Å². The highest BCUT2D eigenvalue weighted by Crippen LogP contribution is 2.36. The number of amides is 2. The van der Waals surface area contributed by atoms with Gasteiger partial charge in [0.25, 0.3) is 0 Å². The van der Waals surface area contributed by atoms with E-state index >= 15 is 0 Å². The molecule has 0 radical (unpaired) electrons. The van der Waals surface area contributed by atoms with Crippen molar-refractivity contribution >= 4 is 23.6 Å². The van der Waals surface area contributed by atoms with E-state index in [4.69, 9.17) is 21.1 Å². The second kappa shape index (κ2) is 8.45. The Morgan fingerprint density at radius 1 is 1.23 bits per heavy atom. The summed E-state index contributed by atoms with van der Waals surface area (Å²) in [5.74, 6) is 0.0757. The van der Waals surface area contributed by atoms with Gasteiger partial charge in [-0.25, -0.2) is 9.59 Å². The molecule has 0 fully saturated rings. The molecule has 1 aromatic carbocycles. The number of rotatable bonds is 6. The summed E-state index contributed by atoms with van der Waals surface area (Å²) >= 11 is 6.17. The number of halogens is 1. The van der Waals surface area contributed by atoms with Crippen LogP contribution in [0.15, 0.2) is 29.5 Å². The van der Waals surface area contributed by atoms with Crippen LogP contribution in [0, 0.1) is 0 Å². The number of benzene rings is 1. The van der Waals surface area contributed by atoms with Gasteiger partial charge in [0, 0.05) is 16.3 Å². The lowest BCUT2D eigenvalue weighted by atomic mass is 9.93. The highest BCUT2D eigenvalue weighted by Gasteiger charge is 2.35. The molecule has 2 N–H and O–H groups in total. The van der Waals surface area contributed by atoms with Crippen LogP contribution in [0.5, 0.6) is 5.75 Å². The monoisotopic (exact) mass is 380 g/mol. The fourth-order valence-electron chi connectivity index (χ4n) is 2.75. The van der Waals surface area contributed by atoms with E-state index in [2.05, 4.69) is 10.6 Å². The zero-order chi connectivity index (χ0) is 19.4. The van der Waals surface area contributed by atoms with E-state index in [-0.39, 0.29) is 18.2 Å². The predicted octanol–water partition coefficient (Wildman–Crippen LogP) is 4.10. The van der Waals surface area contributed by atoms with E-state index in [1.807, 2.05) is 20.8 Å². The Bertz CT molecular complexity index is 728. The molecule has 0 aromatic heterocycles. The molecule has 1 atom stereocenters. The maximum atomic E-state index is 12.7. The summed E-state index contributed by atoms with van der Waals surface area (Å²) in [5.41, 5.74) is 1.50. The molecule has 1 heterocycles. The number of urea groups is 1. The van der Waals surface area contributed by atoms with Crippen LogP contribution < -0.4 is 15.4 Å². The zero-order valence-corrected chi connectivity index (χ0v) is 16.4. The number of hydrogen-bond donors (Lipinski definition) is 2. The number of hydrogen-bond acceptors (Lipinski definition) is 4. The Morgan fingerprint density at radius 2 is 1.92 bits per heavy atom. The van der Waals surface area contributed by atoms with E-state index in [1.165, 1.54) is 0 Å². The summed E-state index contributed by atoms with van der Waals surface area (Å²) in [6.45, 7) is 9.23. The number of allylic oxidation sites excluding steroid dienone is 1. The smallest absolute Gasteiger partial charge is 0.338 e. The lowest BCUT2D eigenvalue weighted by molar-refractivity contribution is -0.143. The van der Waals surface area contributed by atoms with Crippen molar-refractivity contribution in [3.8, 4) is 5.75 Å². The normalized spacial score (nSPS) is 17.2. The van der Waals surface area contributed by atoms with Crippen LogP contribution in [0.3, 0.4) is 0 Å². The summed E-state index contributed by atoms with van der Waals surface area (Å²) in [6.07, 6.45) is 0.123. The Balaban J connectivity index is 2.58. The van der Waals surface area contributed by atoms with E-state index in [0.717, 1.165) is 0 Å². The van der Waals surface area contributed by atoms with Gasteiger partial charge in [0.05, 0.1) is 23.8 Å². The number of ether oxygens (including phenoxy) is 2. The first-order valence-corrected chi connectivity index (χ1v) is 9.08. The van der Waals surface area contributed by atoms with Crippen molar-refractivity contribution in [1.29, 1.82) is 0 Å². The SMILES string of the molecule is CCC1=C(C(=O)OC(C)C)C(c2cc(Cl)ccc2OC(C)C)NC(=O)N1. The first-order chi connectivity index (χ1) is 12.2. The van der Waals surface area contributed by atoms with Crippen molar-refractivity contribution in [2.24, 2.45) is 0 Å². The fourth-order valence-corrected chi connectivity index (χ4v) is 2.94. The van der Waals surface area contributed by atoms with Gasteiger partial charge in [-0.2, -0.15) is 0 Å². The third kappa shape index (κ3) is 4.69. The highest BCUT2D eigenvalue weighted by molar-refractivity contribution is 6.30. The van der Waals surface area contributed by atoms with Crippen molar-refractivity contribution in [1.82, 2.24) is 10.6 Å². The van der Waals surface area contributed by atoms with Crippen LogP contribution in [-0.4, -0.2) is 24.2 Å². The molecule has 0 spiro atoms. The first-order valence-electron chi connectivity index (χ1n) is 8.70. The van der Waals surface area contributed by atoms with Gasteiger partial charge >= 0.3 is 12.0 Å². The minimum Gasteiger partial charge on any atom is -0.491 e. The Morgan fingerprint density at radius 3 is 2.50 bits per heavy atom. The third-order valence-electron chi connectivity index (χ3n) is 3.72. The maximum Gasteiger partial charge on any atom is 0.338 e. The van der Waals surface area contributed by atoms with Gasteiger partial charge in [-0.15, -0.1) is 0 Å². The largest absolute Gasteiger partial charge is 0.491 e.